The summed E-state index contributed by atoms with van der Waals surface area (Å²) in [7, 11) is 0.180. The van der Waals surface area contributed by atoms with E-state index in [1.165, 1.54) is 13.1 Å². The summed E-state index contributed by atoms with van der Waals surface area (Å²) in [5.74, 6) is -0.264. The van der Waals surface area contributed by atoms with E-state index in [1.807, 2.05) is 25.1 Å². The molecule has 0 atom stereocenters. The van der Waals surface area contributed by atoms with Gasteiger partial charge in [-0.15, -0.1) is 0 Å². The molecule has 0 bridgehead atoms. The fourth-order valence-electron chi connectivity index (χ4n) is 5.98. The monoisotopic (exact) mass is 765 g/mol. The van der Waals surface area contributed by atoms with Crippen LogP contribution in [-0.4, -0.2) is 56.7 Å². The molecule has 1 aliphatic rings. The Balaban J connectivity index is 0.000000159. The van der Waals surface area contributed by atoms with Crippen LogP contribution in [0.3, 0.4) is 0 Å². The lowest BCUT2D eigenvalue weighted by atomic mass is 9.84. The number of nitrogens with two attached hydrogens (primary N) is 1. The van der Waals surface area contributed by atoms with Crippen LogP contribution >= 0.6 is 0 Å². The summed E-state index contributed by atoms with van der Waals surface area (Å²) in [6.45, 7) is 1.92. The summed E-state index contributed by atoms with van der Waals surface area (Å²) in [5.41, 5.74) is 10.8. The van der Waals surface area contributed by atoms with Gasteiger partial charge in [0.25, 0.3) is 10.1 Å². The van der Waals surface area contributed by atoms with Gasteiger partial charge in [-0.1, -0.05) is 59.6 Å². The second kappa shape index (κ2) is 17.1. The fraction of sp³-hybridized carbons (Fsp3) is 0.128. The molecule has 0 aromatic heterocycles. The predicted octanol–water partition coefficient (Wildman–Crippen LogP) is 8.13. The Labute approximate surface area is 314 Å². The highest BCUT2D eigenvalue weighted by molar-refractivity contribution is 7.86. The maximum atomic E-state index is 12.1. The highest BCUT2D eigenvalue weighted by Crippen LogP contribution is 2.39. The van der Waals surface area contributed by atoms with Crippen LogP contribution in [0.1, 0.15) is 43.0 Å². The molecule has 15 nitrogen and oxygen atoms in total. The number of nitrogens with zero attached hydrogens (tertiary/aromatic N) is 4. The topological polar surface area (TPSA) is 232 Å². The Morgan fingerprint density at radius 1 is 0.691 bits per heavy atom. The molecule has 0 fully saturated rings. The first-order valence-corrected chi connectivity index (χ1v) is 17.7. The number of nitrogen functional groups attached to an aromatic ring is 1. The van der Waals surface area contributed by atoms with Gasteiger partial charge in [-0.2, -0.15) is 28.9 Å². The van der Waals surface area contributed by atoms with E-state index in [9.17, 15) is 28.2 Å². The van der Waals surface area contributed by atoms with E-state index in [1.54, 1.807) is 73.8 Å². The Bertz CT molecular complexity index is 2500. The van der Waals surface area contributed by atoms with Crippen molar-refractivity contribution in [1.82, 2.24) is 0 Å². The number of benzene rings is 6. The SMILES string of the molecule is CN=Nc1ccc(C)c2c(O)cc(COOO)cc12.CN=Nc1ccc(N)c2c(O)cc(S(=O)(=O)OC)cc12.O=C1c2ccccc2C(=O)c2ccccc21. The Hall–Kier alpha value is -6.43. The van der Waals surface area contributed by atoms with E-state index in [2.05, 4.69) is 34.6 Å². The lowest BCUT2D eigenvalue weighted by Crippen LogP contribution is -2.20. The number of azo groups is 2. The number of ketones is 2. The number of hydrogen-bond acceptors (Lipinski definition) is 15. The van der Waals surface area contributed by atoms with Crippen LogP contribution in [0.4, 0.5) is 17.1 Å². The molecule has 7 rings (SSSR count). The van der Waals surface area contributed by atoms with Crippen LogP contribution in [0.25, 0.3) is 21.5 Å². The van der Waals surface area contributed by atoms with Gasteiger partial charge >= 0.3 is 0 Å². The van der Waals surface area contributed by atoms with Gasteiger partial charge in [0.1, 0.15) is 18.1 Å². The highest BCUT2D eigenvalue weighted by atomic mass is 32.2. The Kier molecular flexibility index (Phi) is 12.4. The highest BCUT2D eigenvalue weighted by Gasteiger charge is 2.28. The molecule has 16 heteroatoms. The second-order valence-corrected chi connectivity index (χ2v) is 13.5. The third-order valence-corrected chi connectivity index (χ3v) is 9.70. The number of phenols is 2. The molecule has 0 radical (unpaired) electrons. The quantitative estimate of drug-likeness (QED) is 0.0398. The Morgan fingerprint density at radius 3 is 1.67 bits per heavy atom. The van der Waals surface area contributed by atoms with Gasteiger partial charge in [-0.25, -0.2) is 10.1 Å². The van der Waals surface area contributed by atoms with Gasteiger partial charge in [-0.3, -0.25) is 13.8 Å². The van der Waals surface area contributed by atoms with Crippen molar-refractivity contribution in [2.45, 2.75) is 18.4 Å². The fourth-order valence-corrected chi connectivity index (χ4v) is 6.69. The van der Waals surface area contributed by atoms with E-state index in [0.29, 0.717) is 55.7 Å². The van der Waals surface area contributed by atoms with Crippen molar-refractivity contribution in [2.24, 2.45) is 20.5 Å². The normalized spacial score (nSPS) is 12.3. The lowest BCUT2D eigenvalue weighted by Gasteiger charge is -2.16. The van der Waals surface area contributed by atoms with E-state index >= 15 is 0 Å². The van der Waals surface area contributed by atoms with Crippen LogP contribution in [-0.2, 0) is 30.8 Å². The first-order valence-electron chi connectivity index (χ1n) is 16.3. The van der Waals surface area contributed by atoms with Crippen molar-refractivity contribution in [3.05, 3.63) is 130 Å². The summed E-state index contributed by atoms with van der Waals surface area (Å²) < 4.78 is 27.9. The molecule has 6 aromatic rings. The van der Waals surface area contributed by atoms with E-state index < -0.39 is 10.1 Å². The van der Waals surface area contributed by atoms with Crippen molar-refractivity contribution in [1.29, 1.82) is 0 Å². The van der Waals surface area contributed by atoms with Crippen molar-refractivity contribution in [3.63, 3.8) is 0 Å². The van der Waals surface area contributed by atoms with Crippen molar-refractivity contribution in [2.75, 3.05) is 26.9 Å². The van der Waals surface area contributed by atoms with E-state index in [4.69, 9.17) is 11.0 Å². The standard InChI is InChI=1S/C14H8O2.C13H14N2O4.C12H13N3O4S/c15-13-9-5-1-2-6-10(9)14(16)12-8-4-3-7-11(12)13;1-8-3-4-11(15-14-2)10-5-9(7-18-19-17)6-12(16)13(8)10;1-14-15-10-4-3-9(13)12-8(10)5-7(6-11(12)16)20(17,18)19-2/h1-8H;3-6,16-17H,7H2,1-2H3;3-6,16H,13H2,1-2H3. The zero-order valence-corrected chi connectivity index (χ0v) is 30.7. The first kappa shape index (κ1) is 39.8. The molecule has 0 aliphatic heterocycles. The molecule has 0 spiro atoms. The van der Waals surface area contributed by atoms with Gasteiger partial charge in [-0.05, 0) is 54.4 Å². The third-order valence-electron chi connectivity index (χ3n) is 8.45. The van der Waals surface area contributed by atoms with Crippen LogP contribution in [0.15, 0.2) is 122 Å². The summed E-state index contributed by atoms with van der Waals surface area (Å²) >= 11 is 0. The van der Waals surface area contributed by atoms with Crippen LogP contribution in [0.5, 0.6) is 11.5 Å². The average Bonchev–Trinajstić information content (AvgIpc) is 3.18. The molecular weight excluding hydrogens is 731 g/mol. The Morgan fingerprint density at radius 2 is 1.18 bits per heavy atom. The van der Waals surface area contributed by atoms with Crippen LogP contribution in [0.2, 0.25) is 0 Å². The third kappa shape index (κ3) is 8.38. The molecule has 1 aliphatic carbocycles. The maximum Gasteiger partial charge on any atom is 0.296 e. The molecule has 0 heterocycles. The molecule has 6 aromatic carbocycles. The summed E-state index contributed by atoms with van der Waals surface area (Å²) in [6.07, 6.45) is 0. The molecule has 55 heavy (non-hydrogen) atoms. The lowest BCUT2D eigenvalue weighted by molar-refractivity contribution is -0.496. The summed E-state index contributed by atoms with van der Waals surface area (Å²) in [4.78, 5) is 28.5. The molecule has 282 valence electrons. The number of aryl methyl sites for hydroxylation is 1. The molecule has 0 saturated carbocycles. The summed E-state index contributed by atoms with van der Waals surface area (Å²) in [6, 6.07) is 26.6. The number of carbonyl (C=O) groups excluding carboxylic acids is 2. The predicted molar refractivity (Wildman–Crippen MR) is 204 cm³/mol. The summed E-state index contributed by atoms with van der Waals surface area (Å²) in [5, 5.41) is 49.4. The number of hydrogen-bond donors (Lipinski definition) is 4. The second-order valence-electron chi connectivity index (χ2n) is 11.8. The van der Waals surface area contributed by atoms with Crippen molar-refractivity contribution >= 4 is 60.3 Å². The zero-order valence-electron chi connectivity index (χ0n) is 29.9. The molecule has 5 N–H and O–H groups in total. The van der Waals surface area contributed by atoms with Gasteiger partial charge in [0.15, 0.2) is 11.6 Å². The van der Waals surface area contributed by atoms with Crippen LogP contribution < -0.4 is 5.73 Å². The number of fused-ring (bicyclic) bond motifs is 4. The minimum atomic E-state index is -3.93. The van der Waals surface area contributed by atoms with E-state index in [0.717, 1.165) is 29.5 Å². The number of aromatic hydroxyl groups is 2. The number of rotatable bonds is 7. The minimum absolute atomic E-state index is 0.0106. The van der Waals surface area contributed by atoms with Crippen molar-refractivity contribution < 1.29 is 47.6 Å². The molecule has 0 unspecified atom stereocenters. The van der Waals surface area contributed by atoms with Gasteiger partial charge in [0.05, 0.1) is 23.4 Å². The maximum absolute atomic E-state index is 12.1. The largest absolute Gasteiger partial charge is 0.507 e. The van der Waals surface area contributed by atoms with Crippen molar-refractivity contribution in [3.8, 4) is 11.5 Å². The molecule has 0 saturated heterocycles. The molecular formula is C39H35N5O10S. The van der Waals surface area contributed by atoms with Crippen LogP contribution in [0, 0.1) is 6.92 Å². The zero-order chi connectivity index (χ0) is 39.9. The minimum Gasteiger partial charge on any atom is -0.507 e. The smallest absolute Gasteiger partial charge is 0.296 e. The van der Waals surface area contributed by atoms with Gasteiger partial charge in [0, 0.05) is 69.6 Å². The number of anilines is 1. The number of phenolic OH excluding ortho intramolecular Hbond substituents is 2. The van der Waals surface area contributed by atoms with Gasteiger partial charge < -0.3 is 15.9 Å². The number of carbonyl (C=O) groups is 2. The first-order chi connectivity index (χ1) is 26.4. The molecule has 0 amide bonds. The van der Waals surface area contributed by atoms with E-state index in [-0.39, 0.29) is 34.6 Å². The van der Waals surface area contributed by atoms with Gasteiger partial charge in [0.2, 0.25) is 0 Å². The average molecular weight is 766 g/mol.